The zero-order valence-electron chi connectivity index (χ0n) is 12.8. The van der Waals surface area contributed by atoms with Gasteiger partial charge in [0.25, 0.3) is 0 Å². The van der Waals surface area contributed by atoms with E-state index in [2.05, 4.69) is 20.5 Å². The van der Waals surface area contributed by atoms with Gasteiger partial charge in [-0.05, 0) is 31.2 Å². The van der Waals surface area contributed by atoms with Crippen molar-refractivity contribution in [3.63, 3.8) is 0 Å². The molecule has 0 aliphatic carbocycles. The van der Waals surface area contributed by atoms with E-state index in [1.54, 1.807) is 31.2 Å². The molecule has 2 aromatic carbocycles. The van der Waals surface area contributed by atoms with E-state index >= 15 is 0 Å². The van der Waals surface area contributed by atoms with Crippen LogP contribution in [0.25, 0.3) is 11.4 Å². The van der Waals surface area contributed by atoms with Gasteiger partial charge in [0.2, 0.25) is 5.91 Å². The molecule has 0 aliphatic rings. The Morgan fingerprint density at radius 1 is 1.29 bits per heavy atom. The molecule has 0 saturated carbocycles. The maximum Gasteiger partial charge on any atom is 0.228 e. The molecule has 0 saturated heterocycles. The molecule has 0 fully saturated rings. The summed E-state index contributed by atoms with van der Waals surface area (Å²) >= 11 is 5.94. The lowest BCUT2D eigenvalue weighted by Crippen LogP contribution is -2.15. The number of carbonyl (C=O) groups excluding carboxylic acids is 1. The Kier molecular flexibility index (Phi) is 4.57. The zero-order valence-corrected chi connectivity index (χ0v) is 13.6. The first-order valence-corrected chi connectivity index (χ1v) is 7.63. The number of aromatic nitrogens is 3. The van der Waals surface area contributed by atoms with E-state index < -0.39 is 5.82 Å². The smallest absolute Gasteiger partial charge is 0.228 e. The molecule has 0 unspecified atom stereocenters. The summed E-state index contributed by atoms with van der Waals surface area (Å²) in [6, 6.07) is 11.5. The van der Waals surface area contributed by atoms with E-state index in [9.17, 15) is 9.18 Å². The third kappa shape index (κ3) is 3.60. The van der Waals surface area contributed by atoms with Crippen LogP contribution >= 0.6 is 11.6 Å². The van der Waals surface area contributed by atoms with Gasteiger partial charge >= 0.3 is 0 Å². The SMILES string of the molecule is Cc1nc(-c2cccc(NC(=O)Cc3c(F)cccc3Cl)c2)n[nH]1. The van der Waals surface area contributed by atoms with Crippen LogP contribution in [0.5, 0.6) is 0 Å². The number of aromatic amines is 1. The quantitative estimate of drug-likeness (QED) is 0.757. The van der Waals surface area contributed by atoms with E-state index in [4.69, 9.17) is 11.6 Å². The first-order valence-electron chi connectivity index (χ1n) is 7.25. The molecule has 122 valence electrons. The number of anilines is 1. The average molecular weight is 345 g/mol. The second-order valence-electron chi connectivity index (χ2n) is 5.25. The Morgan fingerprint density at radius 3 is 2.79 bits per heavy atom. The Hall–Kier alpha value is -2.73. The van der Waals surface area contributed by atoms with Crippen LogP contribution in [0, 0.1) is 12.7 Å². The molecule has 1 amide bonds. The third-order valence-corrected chi connectivity index (χ3v) is 3.75. The highest BCUT2D eigenvalue weighted by Gasteiger charge is 2.12. The van der Waals surface area contributed by atoms with Crippen molar-refractivity contribution >= 4 is 23.2 Å². The van der Waals surface area contributed by atoms with Crippen molar-refractivity contribution in [2.45, 2.75) is 13.3 Å². The maximum atomic E-state index is 13.8. The van der Waals surface area contributed by atoms with Crippen molar-refractivity contribution in [2.24, 2.45) is 0 Å². The molecule has 0 aliphatic heterocycles. The van der Waals surface area contributed by atoms with Gasteiger partial charge in [-0.25, -0.2) is 9.37 Å². The van der Waals surface area contributed by atoms with Crippen molar-refractivity contribution in [3.8, 4) is 11.4 Å². The average Bonchev–Trinajstić information content (AvgIpc) is 2.98. The molecule has 1 aromatic heterocycles. The molecular weight excluding hydrogens is 331 g/mol. The maximum absolute atomic E-state index is 13.8. The summed E-state index contributed by atoms with van der Waals surface area (Å²) in [6.07, 6.45) is -0.143. The predicted octanol–water partition coefficient (Wildman–Crippen LogP) is 3.75. The summed E-state index contributed by atoms with van der Waals surface area (Å²) in [5.74, 6) is 0.391. The molecule has 0 bridgehead atoms. The number of aryl methyl sites for hydroxylation is 1. The van der Waals surface area contributed by atoms with E-state index in [-0.39, 0.29) is 22.9 Å². The fraction of sp³-hybridized carbons (Fsp3) is 0.118. The van der Waals surface area contributed by atoms with Crippen molar-refractivity contribution in [3.05, 3.63) is 64.7 Å². The van der Waals surface area contributed by atoms with Gasteiger partial charge in [0.15, 0.2) is 5.82 Å². The van der Waals surface area contributed by atoms with Gasteiger partial charge in [-0.3, -0.25) is 9.89 Å². The predicted molar refractivity (Wildman–Crippen MR) is 90.3 cm³/mol. The summed E-state index contributed by atoms with van der Waals surface area (Å²) in [4.78, 5) is 16.4. The Morgan fingerprint density at radius 2 is 2.08 bits per heavy atom. The van der Waals surface area contributed by atoms with Crippen LogP contribution in [0.4, 0.5) is 10.1 Å². The highest BCUT2D eigenvalue weighted by atomic mass is 35.5. The van der Waals surface area contributed by atoms with Gasteiger partial charge in [-0.2, -0.15) is 5.10 Å². The van der Waals surface area contributed by atoms with Crippen LogP contribution in [-0.2, 0) is 11.2 Å². The van der Waals surface area contributed by atoms with Gasteiger partial charge in [-0.1, -0.05) is 29.8 Å². The first kappa shape index (κ1) is 16.1. The minimum atomic E-state index is -0.498. The molecule has 0 atom stereocenters. The van der Waals surface area contributed by atoms with Gasteiger partial charge in [0.05, 0.1) is 6.42 Å². The Bertz CT molecular complexity index is 874. The van der Waals surface area contributed by atoms with Crippen molar-refractivity contribution in [1.82, 2.24) is 15.2 Å². The Labute approximate surface area is 142 Å². The molecule has 3 aromatic rings. The molecule has 24 heavy (non-hydrogen) atoms. The summed E-state index contributed by atoms with van der Waals surface area (Å²) < 4.78 is 13.8. The van der Waals surface area contributed by atoms with Crippen LogP contribution in [0.3, 0.4) is 0 Å². The molecule has 5 nitrogen and oxygen atoms in total. The highest BCUT2D eigenvalue weighted by molar-refractivity contribution is 6.31. The van der Waals surface area contributed by atoms with E-state index in [1.807, 2.05) is 6.07 Å². The first-order chi connectivity index (χ1) is 11.5. The molecule has 0 spiro atoms. The number of benzene rings is 2. The number of hydrogen-bond donors (Lipinski definition) is 2. The normalized spacial score (nSPS) is 10.6. The second-order valence-corrected chi connectivity index (χ2v) is 5.66. The molecule has 7 heteroatoms. The molecule has 3 rings (SSSR count). The standard InChI is InChI=1S/C17H14ClFN4O/c1-10-20-17(23-22-10)11-4-2-5-12(8-11)21-16(24)9-13-14(18)6-3-7-15(13)19/h2-8H,9H2,1H3,(H,21,24)(H,20,22,23). The third-order valence-electron chi connectivity index (χ3n) is 3.40. The van der Waals surface area contributed by atoms with Crippen molar-refractivity contribution in [1.29, 1.82) is 0 Å². The van der Waals surface area contributed by atoms with Crippen LogP contribution in [0.1, 0.15) is 11.4 Å². The lowest BCUT2D eigenvalue weighted by Gasteiger charge is -2.08. The molecule has 0 radical (unpaired) electrons. The lowest BCUT2D eigenvalue weighted by molar-refractivity contribution is -0.115. The monoisotopic (exact) mass is 344 g/mol. The number of nitrogens with zero attached hydrogens (tertiary/aromatic N) is 2. The van der Waals surface area contributed by atoms with Gasteiger partial charge in [0.1, 0.15) is 11.6 Å². The van der Waals surface area contributed by atoms with Gasteiger partial charge < -0.3 is 5.32 Å². The summed E-state index contributed by atoms with van der Waals surface area (Å²) in [7, 11) is 0. The van der Waals surface area contributed by atoms with Crippen molar-refractivity contribution in [2.75, 3.05) is 5.32 Å². The fourth-order valence-corrected chi connectivity index (χ4v) is 2.50. The van der Waals surface area contributed by atoms with E-state index in [0.29, 0.717) is 17.3 Å². The zero-order chi connectivity index (χ0) is 17.1. The number of amides is 1. The minimum Gasteiger partial charge on any atom is -0.326 e. The number of halogens is 2. The van der Waals surface area contributed by atoms with Crippen LogP contribution in [-0.4, -0.2) is 21.1 Å². The topological polar surface area (TPSA) is 70.7 Å². The molecular formula is C17H14ClFN4O. The lowest BCUT2D eigenvalue weighted by atomic mass is 10.1. The molecule has 1 heterocycles. The number of carbonyl (C=O) groups is 1. The molecule has 2 N–H and O–H groups in total. The fourth-order valence-electron chi connectivity index (χ4n) is 2.27. The summed E-state index contributed by atoms with van der Waals surface area (Å²) in [6.45, 7) is 1.81. The van der Waals surface area contributed by atoms with Crippen LogP contribution in [0.2, 0.25) is 5.02 Å². The van der Waals surface area contributed by atoms with E-state index in [1.165, 1.54) is 12.1 Å². The number of nitrogens with one attached hydrogen (secondary N) is 2. The summed E-state index contributed by atoms with van der Waals surface area (Å²) in [5.41, 5.74) is 1.52. The van der Waals surface area contributed by atoms with Gasteiger partial charge in [-0.15, -0.1) is 0 Å². The summed E-state index contributed by atoms with van der Waals surface area (Å²) in [5, 5.41) is 9.81. The highest BCUT2D eigenvalue weighted by Crippen LogP contribution is 2.22. The van der Waals surface area contributed by atoms with Crippen LogP contribution < -0.4 is 5.32 Å². The van der Waals surface area contributed by atoms with Gasteiger partial charge in [0, 0.05) is 21.8 Å². The number of H-pyrrole nitrogens is 1. The largest absolute Gasteiger partial charge is 0.326 e. The van der Waals surface area contributed by atoms with Crippen molar-refractivity contribution < 1.29 is 9.18 Å². The minimum absolute atomic E-state index is 0.143. The second kappa shape index (κ2) is 6.80. The van der Waals surface area contributed by atoms with E-state index in [0.717, 1.165) is 5.56 Å². The van der Waals surface area contributed by atoms with Crippen LogP contribution in [0.15, 0.2) is 42.5 Å². The number of hydrogen-bond acceptors (Lipinski definition) is 3. The Balaban J connectivity index is 1.75. The number of rotatable bonds is 4.